The lowest BCUT2D eigenvalue weighted by Gasteiger charge is -2.33. The van der Waals surface area contributed by atoms with Crippen LogP contribution in [-0.2, 0) is 46.5 Å². The summed E-state index contributed by atoms with van der Waals surface area (Å²) in [6.07, 6.45) is 23.8. The standard InChI is InChI=1S/C30H38N4O3.2C22H30N4O2.C14H21N/c1-23-8-5-6-9-25(23)20-26-10-4-3-7-15-34(26)30-31-28(33-16-18-36-19-17-33)21-29(32-30)37-22-24-11-13-27(35-2)14-12-24;2*1-17-7-4-5-8-18(17)15-19-9-3-2-6-10-26(19)22-23-20(16-21(27)24-22)25-11-13-28-14-12-25;1-12-7-4-5-8-13(12)11-14-9-3-2-6-10-15-14/h5-6,8-9,11-14,21,26H,3-4,7,10,15-20,22H2,1-2H3;2*4-5,7-8,16,19H,2-3,6,9-15H2,1H3,(H,23,24,27);4-5,7-8,14-15H,2-3,6,9-11H2,1H3/t;2*19-;/m.10./s1. The third-order valence-corrected chi connectivity index (χ3v) is 22.6. The zero-order chi connectivity index (χ0) is 74.7. The van der Waals surface area contributed by atoms with Crippen LogP contribution < -0.4 is 55.3 Å². The summed E-state index contributed by atoms with van der Waals surface area (Å²) >= 11 is 0. The maximum atomic E-state index is 12.4. The summed E-state index contributed by atoms with van der Waals surface area (Å²) in [7, 11) is 1.68. The van der Waals surface area contributed by atoms with E-state index in [2.05, 4.69) is 169 Å². The smallest absolute Gasteiger partial charge is 0.254 e. The molecular formula is C88H119N13O7. The molecule has 0 spiro atoms. The van der Waals surface area contributed by atoms with Gasteiger partial charge in [-0.25, -0.2) is 0 Å². The van der Waals surface area contributed by atoms with Crippen molar-refractivity contribution < 1.29 is 23.7 Å². The Morgan fingerprint density at radius 1 is 0.407 bits per heavy atom. The number of ether oxygens (including phenoxy) is 5. The van der Waals surface area contributed by atoms with Crippen LogP contribution >= 0.6 is 0 Å². The van der Waals surface area contributed by atoms with Crippen LogP contribution in [0.15, 0.2) is 149 Å². The van der Waals surface area contributed by atoms with Gasteiger partial charge in [0.25, 0.3) is 11.1 Å². The summed E-state index contributed by atoms with van der Waals surface area (Å²) in [5, 5.41) is 3.66. The number of nitrogens with zero attached hydrogens (tertiary/aromatic N) is 10. The average molecular weight is 1470 g/mol. The monoisotopic (exact) mass is 1470 g/mol. The van der Waals surface area contributed by atoms with E-state index < -0.39 is 0 Å². The molecule has 7 fully saturated rings. The van der Waals surface area contributed by atoms with Gasteiger partial charge in [0.2, 0.25) is 23.7 Å². The quantitative estimate of drug-likeness (QED) is 0.0733. The molecule has 108 heavy (non-hydrogen) atoms. The number of nitrogens with one attached hydrogen (secondary N) is 3. The molecule has 3 aromatic heterocycles. The van der Waals surface area contributed by atoms with Gasteiger partial charge in [-0.05, 0) is 173 Å². The number of aromatic amines is 2. The first kappa shape index (κ1) is 78.8. The van der Waals surface area contributed by atoms with E-state index in [1.54, 1.807) is 19.2 Å². The number of morpholine rings is 3. The predicted octanol–water partition coefficient (Wildman–Crippen LogP) is 14.1. The summed E-state index contributed by atoms with van der Waals surface area (Å²) in [6.45, 7) is 22.2. The second-order valence-corrected chi connectivity index (χ2v) is 30.3. The van der Waals surface area contributed by atoms with Crippen molar-refractivity contribution in [3.05, 3.63) is 210 Å². The van der Waals surface area contributed by atoms with Gasteiger partial charge in [-0.3, -0.25) is 19.6 Å². The highest BCUT2D eigenvalue weighted by atomic mass is 16.5. The summed E-state index contributed by atoms with van der Waals surface area (Å²) in [4.78, 5) is 64.4. The van der Waals surface area contributed by atoms with E-state index in [0.29, 0.717) is 76.3 Å². The van der Waals surface area contributed by atoms with Gasteiger partial charge in [-0.15, -0.1) is 0 Å². The number of aryl methyl sites for hydroxylation is 4. The largest absolute Gasteiger partial charge is 0.497 e. The van der Waals surface area contributed by atoms with Crippen molar-refractivity contribution in [3.63, 3.8) is 0 Å². The normalized spacial score (nSPS) is 20.2. The Balaban J connectivity index is 0.000000140. The van der Waals surface area contributed by atoms with Crippen LogP contribution in [0.25, 0.3) is 0 Å². The Morgan fingerprint density at radius 3 is 1.23 bits per heavy atom. The van der Waals surface area contributed by atoms with Gasteiger partial charge in [0.1, 0.15) is 29.8 Å². The molecule has 7 aliphatic heterocycles. The Bertz CT molecular complexity index is 4010. The SMILES string of the molecule is COc1ccc(COc2cc(N3CCOCC3)nc(N3CCCCCC3Cc3ccccc3C)n2)cc1.Cc1ccccc1CC1CCCCCN1.Cc1ccccc1C[C@@H]1CCCCCN1c1nc(N2CCOCC2)cc(=O)[nH]1.Cc1ccccc1C[C@H]1CCCCCN1c1nc(N2CCOCC2)cc(=O)[nH]1. The number of hydrogen-bond donors (Lipinski definition) is 3. The van der Waals surface area contributed by atoms with E-state index in [4.69, 9.17) is 43.6 Å². The first-order valence-electron chi connectivity index (χ1n) is 40.5. The molecule has 0 radical (unpaired) electrons. The number of hydrogen-bond acceptors (Lipinski definition) is 18. The number of rotatable bonds is 18. The third kappa shape index (κ3) is 23.1. The van der Waals surface area contributed by atoms with Gasteiger partial charge < -0.3 is 58.4 Å². The molecule has 4 atom stereocenters. The molecule has 15 rings (SSSR count). The molecule has 2 unspecified atom stereocenters. The Labute approximate surface area is 641 Å². The molecule has 8 aromatic rings. The number of H-pyrrole nitrogens is 2. The molecule has 0 saturated carbocycles. The lowest BCUT2D eigenvalue weighted by molar-refractivity contribution is 0.122. The van der Waals surface area contributed by atoms with E-state index >= 15 is 0 Å². The minimum atomic E-state index is -0.0784. The maximum absolute atomic E-state index is 12.4. The van der Waals surface area contributed by atoms with E-state index in [0.717, 1.165) is 163 Å². The molecule has 578 valence electrons. The van der Waals surface area contributed by atoms with Crippen molar-refractivity contribution in [2.45, 2.75) is 187 Å². The average Bonchev–Trinajstić information content (AvgIpc) is 1.21. The molecular weight excluding hydrogens is 1350 g/mol. The van der Waals surface area contributed by atoms with Gasteiger partial charge in [0, 0.05) is 101 Å². The Kier molecular flexibility index (Phi) is 30.0. The van der Waals surface area contributed by atoms with Crippen molar-refractivity contribution in [1.29, 1.82) is 0 Å². The second-order valence-electron chi connectivity index (χ2n) is 30.3. The van der Waals surface area contributed by atoms with Crippen LogP contribution in [0.1, 0.15) is 153 Å². The molecule has 20 heteroatoms. The topological polar surface area (TPSA) is 195 Å². The molecule has 0 bridgehead atoms. The minimum Gasteiger partial charge on any atom is -0.497 e. The minimum absolute atomic E-state index is 0.0784. The van der Waals surface area contributed by atoms with Crippen molar-refractivity contribution in [2.24, 2.45) is 0 Å². The molecule has 0 amide bonds. The van der Waals surface area contributed by atoms with Crippen LogP contribution in [0.5, 0.6) is 11.6 Å². The van der Waals surface area contributed by atoms with E-state index in [1.165, 1.54) is 122 Å². The molecule has 0 aliphatic carbocycles. The molecule has 7 saturated heterocycles. The second kappa shape index (κ2) is 41.1. The summed E-state index contributed by atoms with van der Waals surface area (Å²) in [5.74, 6) is 6.10. The van der Waals surface area contributed by atoms with E-state index in [1.807, 2.05) is 30.3 Å². The lowest BCUT2D eigenvalue weighted by Crippen LogP contribution is -2.41. The molecule has 10 heterocycles. The number of benzene rings is 5. The van der Waals surface area contributed by atoms with Gasteiger partial charge in [-0.1, -0.05) is 161 Å². The van der Waals surface area contributed by atoms with Gasteiger partial charge in [0.05, 0.1) is 46.8 Å². The highest BCUT2D eigenvalue weighted by Gasteiger charge is 2.30. The van der Waals surface area contributed by atoms with Crippen LogP contribution in [0, 0.1) is 27.7 Å². The van der Waals surface area contributed by atoms with Crippen molar-refractivity contribution in [2.75, 3.05) is 142 Å². The highest BCUT2D eigenvalue weighted by molar-refractivity contribution is 5.51. The van der Waals surface area contributed by atoms with Crippen molar-refractivity contribution >= 4 is 35.3 Å². The molecule has 20 nitrogen and oxygen atoms in total. The lowest BCUT2D eigenvalue weighted by atomic mass is 9.97. The van der Waals surface area contributed by atoms with Gasteiger partial charge >= 0.3 is 0 Å². The van der Waals surface area contributed by atoms with Crippen molar-refractivity contribution in [3.8, 4) is 11.6 Å². The Morgan fingerprint density at radius 2 is 0.796 bits per heavy atom. The molecule has 3 N–H and O–H groups in total. The summed E-state index contributed by atoms with van der Waals surface area (Å²) in [6, 6.07) is 49.6. The first-order valence-corrected chi connectivity index (χ1v) is 40.5. The van der Waals surface area contributed by atoms with Crippen LogP contribution in [0.4, 0.5) is 35.3 Å². The van der Waals surface area contributed by atoms with E-state index in [9.17, 15) is 9.59 Å². The highest BCUT2D eigenvalue weighted by Crippen LogP contribution is 2.32. The maximum Gasteiger partial charge on any atom is 0.254 e. The third-order valence-electron chi connectivity index (χ3n) is 22.6. The fourth-order valence-corrected chi connectivity index (χ4v) is 16.1. The first-order chi connectivity index (χ1) is 53.0. The number of aromatic nitrogens is 6. The van der Waals surface area contributed by atoms with Crippen LogP contribution in [0.2, 0.25) is 0 Å². The van der Waals surface area contributed by atoms with Crippen LogP contribution in [0.3, 0.4) is 0 Å². The molecule has 5 aromatic carbocycles. The predicted molar refractivity (Wildman–Crippen MR) is 437 cm³/mol. The van der Waals surface area contributed by atoms with Gasteiger partial charge in [0.15, 0.2) is 0 Å². The van der Waals surface area contributed by atoms with Gasteiger partial charge in [-0.2, -0.15) is 19.9 Å². The number of methoxy groups -OCH3 is 1. The summed E-state index contributed by atoms with van der Waals surface area (Å²) < 4.78 is 28.0. The molecule has 7 aliphatic rings. The number of anilines is 6. The zero-order valence-corrected chi connectivity index (χ0v) is 65.1. The Hall–Kier alpha value is -8.82. The summed E-state index contributed by atoms with van der Waals surface area (Å²) in [5.41, 5.74) is 12.0. The fraction of sp³-hybridized carbons (Fsp3) is 0.523. The van der Waals surface area contributed by atoms with Crippen LogP contribution in [-0.4, -0.2) is 166 Å². The zero-order valence-electron chi connectivity index (χ0n) is 65.1. The van der Waals surface area contributed by atoms with Crippen molar-refractivity contribution in [1.82, 2.24) is 35.2 Å². The fourth-order valence-electron chi connectivity index (χ4n) is 16.1. The van der Waals surface area contributed by atoms with E-state index in [-0.39, 0.29) is 11.1 Å².